The molecule has 0 saturated carbocycles. The Bertz CT molecular complexity index is 402. The Morgan fingerprint density at radius 1 is 1.44 bits per heavy atom. The number of guanidine groups is 1. The van der Waals surface area contributed by atoms with Crippen LogP contribution in [0.1, 0.15) is 5.56 Å². The number of halogens is 1. The van der Waals surface area contributed by atoms with Gasteiger partial charge < -0.3 is 21.3 Å². The normalized spacial score (nSPS) is 9.56. The molecule has 5 N–H and O–H groups in total. The molecule has 1 rings (SSSR count). The van der Waals surface area contributed by atoms with Gasteiger partial charge in [-0.05, 0) is 23.8 Å². The lowest BCUT2D eigenvalue weighted by Crippen LogP contribution is -2.21. The molecule has 0 fully saturated rings. The molecule has 0 bridgehead atoms. The van der Waals surface area contributed by atoms with E-state index in [1.807, 2.05) is 0 Å². The summed E-state index contributed by atoms with van der Waals surface area (Å²) < 4.78 is 4.88. The van der Waals surface area contributed by atoms with Crippen LogP contribution in [-0.4, -0.2) is 24.4 Å². The van der Waals surface area contributed by atoms with Gasteiger partial charge in [-0.2, -0.15) is 5.10 Å². The van der Waals surface area contributed by atoms with E-state index in [4.69, 9.17) is 16.2 Å². The van der Waals surface area contributed by atoms with Crippen LogP contribution in [0.25, 0.3) is 0 Å². The molecule has 0 radical (unpaired) electrons. The van der Waals surface area contributed by atoms with Crippen molar-refractivity contribution in [3.8, 4) is 11.5 Å². The highest BCUT2D eigenvalue weighted by atomic mass is 35.5. The minimum Gasteiger partial charge on any atom is -0.504 e. The number of rotatable bonds is 3. The van der Waals surface area contributed by atoms with Crippen LogP contribution in [0.3, 0.4) is 0 Å². The van der Waals surface area contributed by atoms with E-state index in [-0.39, 0.29) is 24.1 Å². The van der Waals surface area contributed by atoms with Crippen molar-refractivity contribution in [2.75, 3.05) is 7.11 Å². The fraction of sp³-hybridized carbons (Fsp3) is 0.111. The molecule has 0 aliphatic rings. The van der Waals surface area contributed by atoms with Crippen molar-refractivity contribution in [1.82, 2.24) is 0 Å². The van der Waals surface area contributed by atoms with Crippen molar-refractivity contribution in [2.45, 2.75) is 0 Å². The molecular weight excluding hydrogens is 232 g/mol. The monoisotopic (exact) mass is 244 g/mol. The quantitative estimate of drug-likeness (QED) is 0.407. The average molecular weight is 245 g/mol. The molecule has 0 spiro atoms. The van der Waals surface area contributed by atoms with E-state index in [1.165, 1.54) is 19.4 Å². The average Bonchev–Trinajstić information content (AvgIpc) is 2.17. The summed E-state index contributed by atoms with van der Waals surface area (Å²) in [7, 11) is 1.47. The van der Waals surface area contributed by atoms with E-state index < -0.39 is 0 Å². The van der Waals surface area contributed by atoms with Crippen molar-refractivity contribution in [2.24, 2.45) is 21.7 Å². The van der Waals surface area contributed by atoms with Gasteiger partial charge in [-0.3, -0.25) is 0 Å². The van der Waals surface area contributed by atoms with E-state index >= 15 is 0 Å². The minimum absolute atomic E-state index is 0. The number of nitrogens with two attached hydrogens (primary N) is 2. The number of aromatic hydroxyl groups is 1. The molecule has 0 amide bonds. The molecule has 1 aromatic carbocycles. The molecule has 0 aliphatic heterocycles. The Morgan fingerprint density at radius 3 is 2.62 bits per heavy atom. The topological polar surface area (TPSA) is 106 Å². The molecule has 0 atom stereocenters. The standard InChI is InChI=1S/C9H12N4O2.ClH/c1-15-8-3-2-6(4-7(8)14)5-12-13-9(10)11;/h2-5,14H,1H3,(H4,10,11,13);1H/b12-5+;. The third-order valence-electron chi connectivity index (χ3n) is 1.58. The number of methoxy groups -OCH3 is 1. The molecule has 88 valence electrons. The summed E-state index contributed by atoms with van der Waals surface area (Å²) in [6.07, 6.45) is 1.42. The van der Waals surface area contributed by atoms with Crippen LogP contribution in [0.4, 0.5) is 0 Å². The van der Waals surface area contributed by atoms with Gasteiger partial charge >= 0.3 is 0 Å². The highest BCUT2D eigenvalue weighted by Crippen LogP contribution is 2.25. The molecule has 0 aliphatic carbocycles. The van der Waals surface area contributed by atoms with Crippen LogP contribution in [0, 0.1) is 0 Å². The van der Waals surface area contributed by atoms with Crippen LogP contribution in [0.2, 0.25) is 0 Å². The summed E-state index contributed by atoms with van der Waals surface area (Å²) in [4.78, 5) is 0. The number of benzene rings is 1. The number of phenolic OH excluding ortho intramolecular Hbond substituents is 1. The van der Waals surface area contributed by atoms with Gasteiger partial charge in [-0.15, -0.1) is 17.5 Å². The Morgan fingerprint density at radius 2 is 2.12 bits per heavy atom. The highest BCUT2D eigenvalue weighted by Gasteiger charge is 2.00. The first kappa shape index (κ1) is 14.1. The summed E-state index contributed by atoms with van der Waals surface area (Å²) in [6, 6.07) is 4.82. The summed E-state index contributed by atoms with van der Waals surface area (Å²) in [5.41, 5.74) is 10.8. The van der Waals surface area contributed by atoms with Crippen LogP contribution in [0.15, 0.2) is 28.4 Å². The second-order valence-corrected chi connectivity index (χ2v) is 2.70. The van der Waals surface area contributed by atoms with Crippen molar-refractivity contribution >= 4 is 24.6 Å². The van der Waals surface area contributed by atoms with Crippen LogP contribution in [0.5, 0.6) is 11.5 Å². The van der Waals surface area contributed by atoms with Gasteiger partial charge in [0.1, 0.15) is 0 Å². The first-order valence-corrected chi connectivity index (χ1v) is 4.12. The Labute approximate surface area is 99.0 Å². The van der Waals surface area contributed by atoms with E-state index in [2.05, 4.69) is 10.2 Å². The first-order valence-electron chi connectivity index (χ1n) is 4.12. The molecule has 0 unspecified atom stereocenters. The number of phenols is 1. The summed E-state index contributed by atoms with van der Waals surface area (Å²) in [5.74, 6) is 0.309. The summed E-state index contributed by atoms with van der Waals surface area (Å²) in [5, 5.41) is 16.4. The maximum absolute atomic E-state index is 9.43. The lowest BCUT2D eigenvalue weighted by atomic mass is 10.2. The lowest BCUT2D eigenvalue weighted by molar-refractivity contribution is 0.373. The summed E-state index contributed by atoms with van der Waals surface area (Å²) >= 11 is 0. The van der Waals surface area contributed by atoms with E-state index in [0.717, 1.165) is 0 Å². The lowest BCUT2D eigenvalue weighted by Gasteiger charge is -2.02. The van der Waals surface area contributed by atoms with E-state index in [0.29, 0.717) is 11.3 Å². The zero-order valence-electron chi connectivity index (χ0n) is 8.62. The van der Waals surface area contributed by atoms with Gasteiger partial charge in [0, 0.05) is 0 Å². The van der Waals surface area contributed by atoms with Crippen molar-refractivity contribution in [3.63, 3.8) is 0 Å². The maximum atomic E-state index is 9.43. The molecular formula is C9H13ClN4O2. The molecule has 7 heteroatoms. The Balaban J connectivity index is 0.00000225. The molecule has 0 aromatic heterocycles. The predicted molar refractivity (Wildman–Crippen MR) is 65.3 cm³/mol. The third kappa shape index (κ3) is 4.05. The maximum Gasteiger partial charge on any atom is 0.211 e. The zero-order valence-corrected chi connectivity index (χ0v) is 9.44. The molecule has 1 aromatic rings. The first-order chi connectivity index (χ1) is 7.13. The third-order valence-corrected chi connectivity index (χ3v) is 1.58. The summed E-state index contributed by atoms with van der Waals surface area (Å²) in [6.45, 7) is 0. The molecule has 16 heavy (non-hydrogen) atoms. The van der Waals surface area contributed by atoms with Gasteiger partial charge in [-0.1, -0.05) is 0 Å². The Hall–Kier alpha value is -1.95. The van der Waals surface area contributed by atoms with Gasteiger partial charge in [0.15, 0.2) is 11.5 Å². The van der Waals surface area contributed by atoms with E-state index in [9.17, 15) is 5.11 Å². The van der Waals surface area contributed by atoms with Gasteiger partial charge in [0.05, 0.1) is 13.3 Å². The van der Waals surface area contributed by atoms with Gasteiger partial charge in [0.2, 0.25) is 5.96 Å². The zero-order chi connectivity index (χ0) is 11.3. The minimum atomic E-state index is -0.121. The van der Waals surface area contributed by atoms with Crippen LogP contribution < -0.4 is 16.2 Å². The number of nitrogens with zero attached hydrogens (tertiary/aromatic N) is 2. The number of hydrogen-bond acceptors (Lipinski definition) is 4. The largest absolute Gasteiger partial charge is 0.504 e. The van der Waals surface area contributed by atoms with Crippen LogP contribution in [-0.2, 0) is 0 Å². The number of ether oxygens (including phenoxy) is 1. The predicted octanol–water partition coefficient (Wildman–Crippen LogP) is 0.430. The van der Waals surface area contributed by atoms with Crippen LogP contribution >= 0.6 is 12.4 Å². The highest BCUT2D eigenvalue weighted by molar-refractivity contribution is 5.85. The van der Waals surface area contributed by atoms with Gasteiger partial charge in [0.25, 0.3) is 0 Å². The fourth-order valence-corrected chi connectivity index (χ4v) is 0.950. The van der Waals surface area contributed by atoms with E-state index in [1.54, 1.807) is 12.1 Å². The SMILES string of the molecule is COc1ccc(/C=N/N=C(N)N)cc1O.Cl. The molecule has 0 saturated heterocycles. The second kappa shape index (κ2) is 6.52. The van der Waals surface area contributed by atoms with Gasteiger partial charge in [-0.25, -0.2) is 0 Å². The number of hydrogen-bond donors (Lipinski definition) is 3. The van der Waals surface area contributed by atoms with Crippen molar-refractivity contribution in [3.05, 3.63) is 23.8 Å². The molecule has 0 heterocycles. The molecule has 6 nitrogen and oxygen atoms in total. The van der Waals surface area contributed by atoms with Crippen molar-refractivity contribution < 1.29 is 9.84 Å². The fourth-order valence-electron chi connectivity index (χ4n) is 0.950. The Kier molecular flexibility index (Phi) is 5.72. The van der Waals surface area contributed by atoms with Crippen molar-refractivity contribution in [1.29, 1.82) is 0 Å². The second-order valence-electron chi connectivity index (χ2n) is 2.70. The smallest absolute Gasteiger partial charge is 0.211 e.